The summed E-state index contributed by atoms with van der Waals surface area (Å²) in [5.41, 5.74) is -0.892. The Labute approximate surface area is 145 Å². The van der Waals surface area contributed by atoms with Gasteiger partial charge < -0.3 is 20.1 Å². The van der Waals surface area contributed by atoms with Crippen molar-refractivity contribution in [2.24, 2.45) is 5.41 Å². The van der Waals surface area contributed by atoms with Crippen molar-refractivity contribution in [3.05, 3.63) is 29.3 Å². The first-order chi connectivity index (χ1) is 11.5. The van der Waals surface area contributed by atoms with Gasteiger partial charge >= 0.3 is 5.97 Å². The number of nitrogens with one attached hydrogen (secondary N) is 1. The van der Waals surface area contributed by atoms with Crippen molar-refractivity contribution >= 4 is 23.5 Å². The first-order valence-electron chi connectivity index (χ1n) is 8.15. The third-order valence-corrected chi connectivity index (χ3v) is 5.30. The number of carbonyl (C=O) groups excluding carboxylic acids is 1. The highest BCUT2D eigenvalue weighted by Gasteiger charge is 2.51. The van der Waals surface area contributed by atoms with Crippen LogP contribution in [0.4, 0.5) is 0 Å². The fourth-order valence-electron chi connectivity index (χ4n) is 3.65. The summed E-state index contributed by atoms with van der Waals surface area (Å²) in [7, 11) is 0. The summed E-state index contributed by atoms with van der Waals surface area (Å²) >= 11 is 6.01. The molecular formula is C17H21ClN2O4. The highest BCUT2D eigenvalue weighted by molar-refractivity contribution is 6.32. The number of aliphatic carboxylic acids is 1. The second kappa shape index (κ2) is 6.99. The van der Waals surface area contributed by atoms with Crippen molar-refractivity contribution in [3.63, 3.8) is 0 Å². The molecule has 2 atom stereocenters. The topological polar surface area (TPSA) is 78.9 Å². The van der Waals surface area contributed by atoms with E-state index in [2.05, 4.69) is 5.32 Å². The standard InChI is InChI=1S/C17H21ClN2O4/c18-12-4-1-2-5-13(12)24-10-15(21)20-9-6-14-17(11-20,16(22)23)7-3-8-19-14/h1-2,4-5,14,19H,3,6-11H2,(H,22,23)/t14-,17+/m1/s1. The maximum absolute atomic E-state index is 12.5. The number of fused-ring (bicyclic) bond motifs is 1. The summed E-state index contributed by atoms with van der Waals surface area (Å²) in [5.74, 6) is -0.585. The van der Waals surface area contributed by atoms with Crippen LogP contribution in [0.25, 0.3) is 0 Å². The molecule has 2 aliphatic rings. The SMILES string of the molecule is O=C(COc1ccccc1Cl)N1CC[C@H]2NCCC[C@]2(C(=O)O)C1. The van der Waals surface area contributed by atoms with Gasteiger partial charge in [0.15, 0.2) is 6.61 Å². The van der Waals surface area contributed by atoms with E-state index in [9.17, 15) is 14.7 Å². The van der Waals surface area contributed by atoms with E-state index in [-0.39, 0.29) is 25.1 Å². The van der Waals surface area contributed by atoms with Gasteiger partial charge in [-0.1, -0.05) is 23.7 Å². The molecule has 0 saturated carbocycles. The monoisotopic (exact) mass is 352 g/mol. The molecule has 2 heterocycles. The third-order valence-electron chi connectivity index (χ3n) is 4.98. The molecule has 0 unspecified atom stereocenters. The predicted molar refractivity (Wildman–Crippen MR) is 89.2 cm³/mol. The van der Waals surface area contributed by atoms with Gasteiger partial charge in [0.1, 0.15) is 11.2 Å². The van der Waals surface area contributed by atoms with Gasteiger partial charge in [-0.25, -0.2) is 0 Å². The van der Waals surface area contributed by atoms with Gasteiger partial charge in [-0.2, -0.15) is 0 Å². The van der Waals surface area contributed by atoms with Crippen molar-refractivity contribution in [3.8, 4) is 5.75 Å². The fourth-order valence-corrected chi connectivity index (χ4v) is 3.84. The summed E-state index contributed by atoms with van der Waals surface area (Å²) in [6.45, 7) is 1.46. The Morgan fingerprint density at radius 3 is 2.96 bits per heavy atom. The van der Waals surface area contributed by atoms with Crippen molar-refractivity contribution < 1.29 is 19.4 Å². The van der Waals surface area contributed by atoms with Crippen LogP contribution in [-0.2, 0) is 9.59 Å². The van der Waals surface area contributed by atoms with E-state index < -0.39 is 11.4 Å². The zero-order chi connectivity index (χ0) is 17.2. The van der Waals surface area contributed by atoms with Crippen LogP contribution in [0.3, 0.4) is 0 Å². The molecule has 1 amide bonds. The quantitative estimate of drug-likeness (QED) is 0.863. The van der Waals surface area contributed by atoms with Crippen LogP contribution < -0.4 is 10.1 Å². The minimum atomic E-state index is -0.892. The summed E-state index contributed by atoms with van der Waals surface area (Å²) in [4.78, 5) is 25.9. The Morgan fingerprint density at radius 1 is 1.42 bits per heavy atom. The van der Waals surface area contributed by atoms with Crippen LogP contribution in [0.1, 0.15) is 19.3 Å². The predicted octanol–water partition coefficient (Wildman–Crippen LogP) is 1.77. The van der Waals surface area contributed by atoms with Crippen LogP contribution in [0.5, 0.6) is 5.75 Å². The Balaban J connectivity index is 1.65. The van der Waals surface area contributed by atoms with Gasteiger partial charge in [0.05, 0.1) is 5.02 Å². The average molecular weight is 353 g/mol. The number of likely N-dealkylation sites (tertiary alicyclic amines) is 1. The van der Waals surface area contributed by atoms with Crippen LogP contribution in [0, 0.1) is 5.41 Å². The van der Waals surface area contributed by atoms with E-state index >= 15 is 0 Å². The van der Waals surface area contributed by atoms with E-state index in [1.807, 2.05) is 0 Å². The highest BCUT2D eigenvalue weighted by Crippen LogP contribution is 2.38. The highest BCUT2D eigenvalue weighted by atomic mass is 35.5. The first kappa shape index (κ1) is 17.0. The third kappa shape index (κ3) is 3.21. The summed E-state index contributed by atoms with van der Waals surface area (Å²) < 4.78 is 5.50. The zero-order valence-corrected chi connectivity index (χ0v) is 14.1. The zero-order valence-electron chi connectivity index (χ0n) is 13.3. The van der Waals surface area contributed by atoms with E-state index in [4.69, 9.17) is 16.3 Å². The summed E-state index contributed by atoms with van der Waals surface area (Å²) in [6, 6.07) is 6.89. The second-order valence-electron chi connectivity index (χ2n) is 6.39. The van der Waals surface area contributed by atoms with Gasteiger partial charge in [0, 0.05) is 19.1 Å². The molecule has 6 nitrogen and oxygen atoms in total. The Kier molecular flexibility index (Phi) is 4.96. The number of para-hydroxylation sites is 1. The van der Waals surface area contributed by atoms with Crippen molar-refractivity contribution in [1.82, 2.24) is 10.2 Å². The molecule has 2 N–H and O–H groups in total. The van der Waals surface area contributed by atoms with E-state index in [1.165, 1.54) is 0 Å². The number of amides is 1. The van der Waals surface area contributed by atoms with Crippen molar-refractivity contribution in [1.29, 1.82) is 0 Å². The number of nitrogens with zero attached hydrogens (tertiary/aromatic N) is 1. The molecule has 0 aliphatic carbocycles. The number of halogens is 1. The smallest absolute Gasteiger partial charge is 0.313 e. The van der Waals surface area contributed by atoms with Gasteiger partial charge in [0.25, 0.3) is 5.91 Å². The molecule has 7 heteroatoms. The van der Waals surface area contributed by atoms with E-state index in [0.717, 1.165) is 13.0 Å². The van der Waals surface area contributed by atoms with Crippen LogP contribution in [-0.4, -0.2) is 54.2 Å². The number of piperidine rings is 2. The van der Waals surface area contributed by atoms with Crippen LogP contribution in [0.15, 0.2) is 24.3 Å². The molecule has 2 fully saturated rings. The van der Waals surface area contributed by atoms with Crippen molar-refractivity contribution in [2.75, 3.05) is 26.2 Å². The van der Waals surface area contributed by atoms with E-state index in [1.54, 1.807) is 29.2 Å². The maximum Gasteiger partial charge on any atom is 0.313 e. The van der Waals surface area contributed by atoms with Crippen LogP contribution in [0.2, 0.25) is 5.02 Å². The Morgan fingerprint density at radius 2 is 2.21 bits per heavy atom. The summed E-state index contributed by atoms with van der Waals surface area (Å²) in [6.07, 6.45) is 2.04. The molecule has 130 valence electrons. The Hall–Kier alpha value is -1.79. The fraction of sp³-hybridized carbons (Fsp3) is 0.529. The number of carboxylic acids is 1. The van der Waals surface area contributed by atoms with Crippen molar-refractivity contribution in [2.45, 2.75) is 25.3 Å². The van der Waals surface area contributed by atoms with Crippen LogP contribution >= 0.6 is 11.6 Å². The van der Waals surface area contributed by atoms with Gasteiger partial charge in [-0.15, -0.1) is 0 Å². The molecule has 3 rings (SSSR count). The minimum Gasteiger partial charge on any atom is -0.482 e. The molecule has 2 aliphatic heterocycles. The van der Waals surface area contributed by atoms with Gasteiger partial charge in [-0.3, -0.25) is 9.59 Å². The number of hydrogen-bond donors (Lipinski definition) is 2. The molecule has 0 bridgehead atoms. The van der Waals surface area contributed by atoms with E-state index in [0.29, 0.717) is 30.2 Å². The number of carbonyl (C=O) groups is 2. The molecule has 0 aromatic heterocycles. The lowest BCUT2D eigenvalue weighted by atomic mass is 9.70. The molecule has 1 aromatic rings. The molecular weight excluding hydrogens is 332 g/mol. The molecule has 0 spiro atoms. The first-order valence-corrected chi connectivity index (χ1v) is 8.52. The van der Waals surface area contributed by atoms with Gasteiger partial charge in [-0.05, 0) is 37.9 Å². The lowest BCUT2D eigenvalue weighted by Gasteiger charge is -2.48. The minimum absolute atomic E-state index is 0.0720. The summed E-state index contributed by atoms with van der Waals surface area (Å²) in [5, 5.41) is 13.5. The average Bonchev–Trinajstić information content (AvgIpc) is 2.60. The maximum atomic E-state index is 12.5. The normalized spacial score (nSPS) is 26.5. The largest absolute Gasteiger partial charge is 0.482 e. The number of rotatable bonds is 4. The molecule has 24 heavy (non-hydrogen) atoms. The number of ether oxygens (including phenoxy) is 1. The Bertz CT molecular complexity index is 639. The molecule has 2 saturated heterocycles. The number of carboxylic acid groups (broad SMARTS) is 1. The number of benzene rings is 1. The molecule has 0 radical (unpaired) electrons. The number of hydrogen-bond acceptors (Lipinski definition) is 4. The van der Waals surface area contributed by atoms with Gasteiger partial charge in [0.2, 0.25) is 0 Å². The molecule has 1 aromatic carbocycles. The lowest BCUT2D eigenvalue weighted by Crippen LogP contribution is -2.64. The second-order valence-corrected chi connectivity index (χ2v) is 6.80. The lowest BCUT2D eigenvalue weighted by molar-refractivity contribution is -0.160.